The summed E-state index contributed by atoms with van der Waals surface area (Å²) in [6, 6.07) is 9.73. The van der Waals surface area contributed by atoms with Crippen LogP contribution in [-0.2, 0) is 26.4 Å². The van der Waals surface area contributed by atoms with Gasteiger partial charge in [-0.1, -0.05) is 30.3 Å². The average molecular weight is 471 g/mol. The van der Waals surface area contributed by atoms with Crippen molar-refractivity contribution in [1.82, 2.24) is 24.9 Å². The molecule has 0 radical (unpaired) electrons. The maximum Gasteiger partial charge on any atom is 0.411 e. The number of rotatable bonds is 6. The second-order valence-corrected chi connectivity index (χ2v) is 9.73. The number of amides is 2. The number of aromatic nitrogens is 2. The molecule has 4 rings (SSSR count). The van der Waals surface area contributed by atoms with E-state index < -0.39 is 23.8 Å². The molecule has 0 bridgehead atoms. The summed E-state index contributed by atoms with van der Waals surface area (Å²) in [6.45, 7) is 6.55. The number of anilines is 1. The number of aromatic amines is 1. The fraction of sp³-hybridized carbons (Fsp3) is 0.542. The van der Waals surface area contributed by atoms with E-state index in [-0.39, 0.29) is 12.5 Å². The number of morpholine rings is 1. The number of nitrogens with one attached hydrogen (secondary N) is 2. The Morgan fingerprint density at radius 2 is 2.06 bits per heavy atom. The maximum atomic E-state index is 13.3. The van der Waals surface area contributed by atoms with Gasteiger partial charge in [0.1, 0.15) is 12.2 Å². The van der Waals surface area contributed by atoms with Crippen LogP contribution in [0, 0.1) is 0 Å². The van der Waals surface area contributed by atoms with Gasteiger partial charge in [-0.3, -0.25) is 14.8 Å². The van der Waals surface area contributed by atoms with Crippen molar-refractivity contribution in [3.05, 3.63) is 47.2 Å². The van der Waals surface area contributed by atoms with E-state index in [1.54, 1.807) is 4.90 Å². The van der Waals surface area contributed by atoms with E-state index in [0.29, 0.717) is 25.5 Å². The summed E-state index contributed by atoms with van der Waals surface area (Å²) in [5.74, 6) is 0.183. The number of nitrogens with zero attached hydrogens (tertiary/aromatic N) is 4. The quantitative estimate of drug-likeness (QED) is 0.667. The Kier molecular flexibility index (Phi) is 6.92. The van der Waals surface area contributed by atoms with Gasteiger partial charge >= 0.3 is 6.09 Å². The summed E-state index contributed by atoms with van der Waals surface area (Å²) in [4.78, 5) is 31.8. The molecule has 1 fully saturated rings. The third-order valence-electron chi connectivity index (χ3n) is 6.44. The SMILES string of the molecule is CN(C)CC(OC(=O)N1Cc2c(NC(=O)C3CN(C)CCO3)n[nH]c2C1(C)C)c1ccccc1. The van der Waals surface area contributed by atoms with Crippen molar-refractivity contribution in [2.75, 3.05) is 52.7 Å². The summed E-state index contributed by atoms with van der Waals surface area (Å²) in [5, 5.41) is 10.2. The molecule has 2 atom stereocenters. The van der Waals surface area contributed by atoms with Crippen LogP contribution in [0.3, 0.4) is 0 Å². The Morgan fingerprint density at radius 3 is 2.74 bits per heavy atom. The van der Waals surface area contributed by atoms with Gasteiger partial charge in [-0.25, -0.2) is 4.79 Å². The van der Waals surface area contributed by atoms with Gasteiger partial charge in [0.25, 0.3) is 5.91 Å². The summed E-state index contributed by atoms with van der Waals surface area (Å²) in [7, 11) is 5.85. The summed E-state index contributed by atoms with van der Waals surface area (Å²) < 4.78 is 11.6. The molecule has 184 valence electrons. The molecule has 2 unspecified atom stereocenters. The zero-order valence-corrected chi connectivity index (χ0v) is 20.5. The molecule has 2 aromatic rings. The first kappa shape index (κ1) is 24.2. The zero-order valence-electron chi connectivity index (χ0n) is 20.5. The first-order chi connectivity index (χ1) is 16.2. The largest absolute Gasteiger partial charge is 0.440 e. The predicted octanol–water partition coefficient (Wildman–Crippen LogP) is 2.17. The molecule has 2 aliphatic heterocycles. The standard InChI is InChI=1S/C24H34N6O4/c1-24(2)20-17(21(27-26-20)25-22(31)19-15-29(5)11-12-33-19)13-30(24)23(32)34-18(14-28(3)4)16-9-7-6-8-10-16/h6-10,18-19H,11-15H2,1-5H3,(H2,25,26,27,31). The van der Waals surface area contributed by atoms with Gasteiger partial charge in [0.15, 0.2) is 5.82 Å². The topological polar surface area (TPSA) is 103 Å². The number of carbonyl (C=O) groups excluding carboxylic acids is 2. The Hall–Kier alpha value is -2.95. The van der Waals surface area contributed by atoms with Crippen molar-refractivity contribution in [3.63, 3.8) is 0 Å². The lowest BCUT2D eigenvalue weighted by Crippen LogP contribution is -2.46. The van der Waals surface area contributed by atoms with Crippen molar-refractivity contribution in [3.8, 4) is 0 Å². The third-order valence-corrected chi connectivity index (χ3v) is 6.44. The normalized spacial score (nSPS) is 20.8. The van der Waals surface area contributed by atoms with Crippen LogP contribution in [0.1, 0.15) is 36.8 Å². The highest BCUT2D eigenvalue weighted by Gasteiger charge is 2.45. The van der Waals surface area contributed by atoms with Crippen LogP contribution in [0.5, 0.6) is 0 Å². The minimum absolute atomic E-state index is 0.241. The molecule has 2 aliphatic rings. The molecule has 34 heavy (non-hydrogen) atoms. The fourth-order valence-electron chi connectivity index (χ4n) is 4.44. The highest BCUT2D eigenvalue weighted by atomic mass is 16.6. The molecular weight excluding hydrogens is 436 g/mol. The maximum absolute atomic E-state index is 13.3. The van der Waals surface area contributed by atoms with Crippen LogP contribution >= 0.6 is 0 Å². The van der Waals surface area contributed by atoms with Gasteiger partial charge in [0.2, 0.25) is 0 Å². The third kappa shape index (κ3) is 4.94. The molecule has 1 aromatic carbocycles. The molecule has 1 saturated heterocycles. The molecule has 10 heteroatoms. The second kappa shape index (κ2) is 9.73. The number of hydrogen-bond donors (Lipinski definition) is 2. The van der Waals surface area contributed by atoms with Crippen LogP contribution in [0.15, 0.2) is 30.3 Å². The van der Waals surface area contributed by atoms with E-state index in [9.17, 15) is 9.59 Å². The lowest BCUT2D eigenvalue weighted by molar-refractivity contribution is -0.132. The average Bonchev–Trinajstić information content (AvgIpc) is 3.31. The number of fused-ring (bicyclic) bond motifs is 1. The van der Waals surface area contributed by atoms with Crippen molar-refractivity contribution in [2.45, 2.75) is 38.1 Å². The molecule has 1 aromatic heterocycles. The van der Waals surface area contributed by atoms with Gasteiger partial charge in [-0.05, 0) is 40.6 Å². The van der Waals surface area contributed by atoms with Gasteiger partial charge in [-0.15, -0.1) is 0 Å². The summed E-state index contributed by atoms with van der Waals surface area (Å²) >= 11 is 0. The first-order valence-corrected chi connectivity index (χ1v) is 11.5. The van der Waals surface area contributed by atoms with Crippen LogP contribution in [0.25, 0.3) is 0 Å². The lowest BCUT2D eigenvalue weighted by Gasteiger charge is -2.33. The Balaban J connectivity index is 1.48. The lowest BCUT2D eigenvalue weighted by atomic mass is 10.0. The molecule has 3 heterocycles. The smallest absolute Gasteiger partial charge is 0.411 e. The minimum Gasteiger partial charge on any atom is -0.440 e. The van der Waals surface area contributed by atoms with Gasteiger partial charge in [-0.2, -0.15) is 5.10 Å². The van der Waals surface area contributed by atoms with E-state index in [2.05, 4.69) is 20.4 Å². The van der Waals surface area contributed by atoms with Crippen LogP contribution in [-0.4, -0.2) is 90.4 Å². The van der Waals surface area contributed by atoms with Crippen LogP contribution in [0.4, 0.5) is 10.6 Å². The number of H-pyrrole nitrogens is 1. The van der Waals surface area contributed by atoms with Gasteiger partial charge in [0.05, 0.1) is 24.4 Å². The molecule has 2 N–H and O–H groups in total. The van der Waals surface area contributed by atoms with E-state index in [0.717, 1.165) is 23.4 Å². The van der Waals surface area contributed by atoms with E-state index in [1.165, 1.54) is 0 Å². The number of likely N-dealkylation sites (N-methyl/N-ethyl adjacent to an activating group) is 2. The van der Waals surface area contributed by atoms with E-state index in [4.69, 9.17) is 9.47 Å². The predicted molar refractivity (Wildman–Crippen MR) is 127 cm³/mol. The minimum atomic E-state index is -0.677. The number of ether oxygens (including phenoxy) is 2. The Bertz CT molecular complexity index is 1020. The van der Waals surface area contributed by atoms with Crippen molar-refractivity contribution >= 4 is 17.8 Å². The van der Waals surface area contributed by atoms with E-state index in [1.807, 2.05) is 70.2 Å². The molecule has 2 amide bonds. The van der Waals surface area contributed by atoms with Crippen LogP contribution in [0.2, 0.25) is 0 Å². The molecule has 0 aliphatic carbocycles. The molecule has 10 nitrogen and oxygen atoms in total. The van der Waals surface area contributed by atoms with Crippen LogP contribution < -0.4 is 5.32 Å². The fourth-order valence-corrected chi connectivity index (χ4v) is 4.44. The second-order valence-electron chi connectivity index (χ2n) is 9.73. The first-order valence-electron chi connectivity index (χ1n) is 11.5. The highest BCUT2D eigenvalue weighted by molar-refractivity contribution is 5.94. The van der Waals surface area contributed by atoms with E-state index >= 15 is 0 Å². The summed E-state index contributed by atoms with van der Waals surface area (Å²) in [5.41, 5.74) is 1.82. The highest BCUT2D eigenvalue weighted by Crippen LogP contribution is 2.41. The van der Waals surface area contributed by atoms with Gasteiger partial charge in [0, 0.05) is 25.2 Å². The summed E-state index contributed by atoms with van der Waals surface area (Å²) in [6.07, 6.45) is -1.38. The zero-order chi connectivity index (χ0) is 24.5. The monoisotopic (exact) mass is 470 g/mol. The van der Waals surface area contributed by atoms with Crippen molar-refractivity contribution in [2.24, 2.45) is 0 Å². The van der Waals surface area contributed by atoms with Crippen molar-refractivity contribution in [1.29, 1.82) is 0 Å². The molecule has 0 spiro atoms. The Morgan fingerprint density at radius 1 is 1.32 bits per heavy atom. The van der Waals surface area contributed by atoms with Gasteiger partial charge < -0.3 is 24.6 Å². The Labute approximate surface area is 200 Å². The van der Waals surface area contributed by atoms with Crippen molar-refractivity contribution < 1.29 is 19.1 Å². The molecular formula is C24H34N6O4. The number of benzene rings is 1. The number of hydrogen-bond acceptors (Lipinski definition) is 7. The molecule has 0 saturated carbocycles. The number of carbonyl (C=O) groups is 2.